The minimum absolute atomic E-state index is 0.344. The Morgan fingerprint density at radius 3 is 2.21 bits per heavy atom. The maximum atomic E-state index is 6.51. The minimum atomic E-state index is -1.44. The van der Waals surface area contributed by atoms with Gasteiger partial charge in [-0.05, 0) is 19.3 Å². The van der Waals surface area contributed by atoms with Crippen LogP contribution in [0.15, 0.2) is 0 Å². The molecule has 0 spiro atoms. The van der Waals surface area contributed by atoms with Crippen molar-refractivity contribution in [2.24, 2.45) is 0 Å². The van der Waals surface area contributed by atoms with Crippen LogP contribution >= 0.6 is 23.2 Å². The number of hydrogen-bond donors (Lipinski definition) is 0. The van der Waals surface area contributed by atoms with Gasteiger partial charge in [0.2, 0.25) is 0 Å². The van der Waals surface area contributed by atoms with Crippen molar-refractivity contribution in [1.29, 1.82) is 0 Å². The summed E-state index contributed by atoms with van der Waals surface area (Å²) in [5.74, 6) is 0. The van der Waals surface area contributed by atoms with E-state index >= 15 is 0 Å². The van der Waals surface area contributed by atoms with Gasteiger partial charge in [0.25, 0.3) is 0 Å². The molecule has 1 aliphatic rings. The van der Waals surface area contributed by atoms with Gasteiger partial charge in [0.1, 0.15) is 7.59 Å². The number of alkyl halides is 2. The molecule has 84 valence electrons. The molecular weight excluding hydrogens is 251 g/mol. The summed E-state index contributed by atoms with van der Waals surface area (Å²) in [5, 5.41) is 0.689. The van der Waals surface area contributed by atoms with E-state index in [4.69, 9.17) is 27.6 Å². The molecule has 1 rings (SSSR count). The Morgan fingerprint density at radius 1 is 1.29 bits per heavy atom. The predicted octanol–water partition coefficient (Wildman–Crippen LogP) is 2.55. The van der Waals surface area contributed by atoms with E-state index in [1.807, 2.05) is 0 Å². The Labute approximate surface area is 100 Å². The monoisotopic (exact) mass is 270 g/mol. The maximum absolute atomic E-state index is 6.51. The summed E-state index contributed by atoms with van der Waals surface area (Å²) in [6.45, 7) is 5.31. The van der Waals surface area contributed by atoms with Gasteiger partial charge in [-0.1, -0.05) is 19.9 Å². The van der Waals surface area contributed by atoms with Crippen LogP contribution in [0.3, 0.4) is 0 Å². The van der Waals surface area contributed by atoms with E-state index < -0.39 is 16.9 Å². The van der Waals surface area contributed by atoms with E-state index in [2.05, 4.69) is 13.8 Å². The molecule has 0 aliphatic carbocycles. The predicted molar refractivity (Wildman–Crippen MR) is 69.5 cm³/mol. The fourth-order valence-electron chi connectivity index (χ4n) is 2.34. The standard InChI is InChI=1S/C9H20Cl2OSi2/c1-3-8(10)14(9(11)4-2)7-5-6-12-13-14/h8-9H,3-7,13H2,1-2H3. The molecule has 0 bridgehead atoms. The van der Waals surface area contributed by atoms with Crippen LogP contribution in [0.1, 0.15) is 33.1 Å². The van der Waals surface area contributed by atoms with Gasteiger partial charge in [0.05, 0.1) is 0 Å². The van der Waals surface area contributed by atoms with Crippen LogP contribution < -0.4 is 0 Å². The van der Waals surface area contributed by atoms with Crippen LogP contribution in [-0.4, -0.2) is 33.5 Å². The smallest absolute Gasteiger partial charge is 0.154 e. The molecule has 1 nitrogen and oxygen atoms in total. The SMILES string of the molecule is CCC(Cl)[Si]1(C(Cl)CC)CCCO[SiH2]1. The first kappa shape index (κ1) is 13.0. The van der Waals surface area contributed by atoms with Crippen molar-refractivity contribution < 1.29 is 4.43 Å². The zero-order valence-electron chi connectivity index (χ0n) is 9.06. The molecule has 14 heavy (non-hydrogen) atoms. The Balaban J connectivity index is 2.76. The first-order chi connectivity index (χ1) is 6.67. The molecule has 0 aromatic carbocycles. The van der Waals surface area contributed by atoms with Crippen LogP contribution in [0.4, 0.5) is 0 Å². The summed E-state index contributed by atoms with van der Waals surface area (Å²) in [7, 11) is -1.87. The van der Waals surface area contributed by atoms with Crippen LogP contribution in [0.5, 0.6) is 0 Å². The fourth-order valence-corrected chi connectivity index (χ4v) is 15.5. The Bertz CT molecular complexity index is 162. The Morgan fingerprint density at radius 2 is 1.86 bits per heavy atom. The summed E-state index contributed by atoms with van der Waals surface area (Å²) in [4.78, 5) is 0. The normalized spacial score (nSPS) is 34.3. The molecule has 0 aromatic heterocycles. The lowest BCUT2D eigenvalue weighted by Crippen LogP contribution is -2.61. The highest BCUT2D eigenvalue weighted by Crippen LogP contribution is 2.33. The summed E-state index contributed by atoms with van der Waals surface area (Å²) >= 11 is 13.0. The summed E-state index contributed by atoms with van der Waals surface area (Å²) in [6.07, 6.45) is 3.31. The van der Waals surface area contributed by atoms with Gasteiger partial charge in [0.15, 0.2) is 9.28 Å². The van der Waals surface area contributed by atoms with Crippen LogP contribution in [-0.2, 0) is 4.43 Å². The van der Waals surface area contributed by atoms with E-state index in [0.29, 0.717) is 10.0 Å². The molecule has 0 saturated carbocycles. The first-order valence-electron chi connectivity index (χ1n) is 5.53. The second-order valence-electron chi connectivity index (χ2n) is 4.14. The van der Waals surface area contributed by atoms with E-state index in [-0.39, 0.29) is 0 Å². The Hall–Kier alpha value is 0.974. The highest BCUT2D eigenvalue weighted by Gasteiger charge is 2.47. The number of halogens is 2. The average Bonchev–Trinajstić information content (AvgIpc) is 2.27. The summed E-state index contributed by atoms with van der Waals surface area (Å²) in [6, 6.07) is 1.31. The van der Waals surface area contributed by atoms with Gasteiger partial charge in [0, 0.05) is 16.6 Å². The second-order valence-corrected chi connectivity index (χ2v) is 15.8. The van der Waals surface area contributed by atoms with E-state index in [0.717, 1.165) is 19.4 Å². The molecule has 0 amide bonds. The molecule has 1 aliphatic heterocycles. The average molecular weight is 271 g/mol. The van der Waals surface area contributed by atoms with E-state index in [1.165, 1.54) is 12.5 Å². The van der Waals surface area contributed by atoms with Gasteiger partial charge < -0.3 is 4.43 Å². The third kappa shape index (κ3) is 2.56. The summed E-state index contributed by atoms with van der Waals surface area (Å²) in [5.41, 5.74) is 0. The van der Waals surface area contributed by atoms with Crippen molar-refractivity contribution in [3.8, 4) is 0 Å². The lowest BCUT2D eigenvalue weighted by molar-refractivity contribution is 0.332. The van der Waals surface area contributed by atoms with Crippen LogP contribution in [0.25, 0.3) is 0 Å². The number of hydrogen-bond acceptors (Lipinski definition) is 1. The lowest BCUT2D eigenvalue weighted by Gasteiger charge is -2.41. The molecule has 1 heterocycles. The molecule has 2 atom stereocenters. The molecule has 0 aromatic rings. The first-order valence-corrected chi connectivity index (χ1v) is 11.7. The largest absolute Gasteiger partial charge is 0.427 e. The molecule has 0 radical (unpaired) electrons. The van der Waals surface area contributed by atoms with Gasteiger partial charge in [-0.15, -0.1) is 23.2 Å². The third-order valence-corrected chi connectivity index (χ3v) is 19.9. The summed E-state index contributed by atoms with van der Waals surface area (Å²) < 4.78 is 5.76. The highest BCUT2D eigenvalue weighted by atomic mass is 35.5. The third-order valence-electron chi connectivity index (χ3n) is 3.27. The zero-order valence-corrected chi connectivity index (χ0v) is 13.0. The molecule has 2 unspecified atom stereocenters. The van der Waals surface area contributed by atoms with E-state index in [9.17, 15) is 0 Å². The lowest BCUT2D eigenvalue weighted by atomic mass is 10.5. The van der Waals surface area contributed by atoms with Gasteiger partial charge in [-0.2, -0.15) is 0 Å². The van der Waals surface area contributed by atoms with Crippen LogP contribution in [0, 0.1) is 0 Å². The molecule has 0 N–H and O–H groups in total. The maximum Gasteiger partial charge on any atom is 0.154 e. The topological polar surface area (TPSA) is 9.23 Å². The van der Waals surface area contributed by atoms with Crippen LogP contribution in [0.2, 0.25) is 6.04 Å². The van der Waals surface area contributed by atoms with E-state index in [1.54, 1.807) is 0 Å². The molecular formula is C9H20Cl2OSi2. The highest BCUT2D eigenvalue weighted by molar-refractivity contribution is 7.28. The van der Waals surface area contributed by atoms with Gasteiger partial charge in [-0.3, -0.25) is 0 Å². The van der Waals surface area contributed by atoms with Crippen molar-refractivity contribution in [1.82, 2.24) is 0 Å². The van der Waals surface area contributed by atoms with Crippen molar-refractivity contribution in [2.75, 3.05) is 6.61 Å². The zero-order chi connectivity index (χ0) is 10.6. The quantitative estimate of drug-likeness (QED) is 0.564. The van der Waals surface area contributed by atoms with Gasteiger partial charge in [-0.25, -0.2) is 0 Å². The fraction of sp³-hybridized carbons (Fsp3) is 1.00. The minimum Gasteiger partial charge on any atom is -0.427 e. The van der Waals surface area contributed by atoms with Crippen molar-refractivity contribution in [2.45, 2.75) is 49.2 Å². The second kappa shape index (κ2) is 5.90. The van der Waals surface area contributed by atoms with Crippen molar-refractivity contribution in [3.05, 3.63) is 0 Å². The Kier molecular flexibility index (Phi) is 5.49. The van der Waals surface area contributed by atoms with Crippen molar-refractivity contribution in [3.63, 3.8) is 0 Å². The molecule has 1 fully saturated rings. The van der Waals surface area contributed by atoms with Crippen molar-refractivity contribution >= 4 is 40.1 Å². The molecule has 5 heteroatoms. The number of rotatable bonds is 4. The van der Waals surface area contributed by atoms with Gasteiger partial charge >= 0.3 is 0 Å². The molecule has 1 saturated heterocycles.